The monoisotopic (exact) mass is 406 g/mol. The number of aromatic nitrogens is 2. The second kappa shape index (κ2) is 9.51. The number of rotatable bonds is 6. The Morgan fingerprint density at radius 2 is 1.70 bits per heavy atom. The maximum absolute atomic E-state index is 12.7. The normalized spacial score (nSPS) is 10.3. The van der Waals surface area contributed by atoms with E-state index in [1.54, 1.807) is 10.9 Å². The summed E-state index contributed by atoms with van der Waals surface area (Å²) >= 11 is 0. The molecule has 0 spiro atoms. The minimum absolute atomic E-state index is 0.252. The van der Waals surface area contributed by atoms with Crippen molar-refractivity contribution in [2.45, 2.75) is 20.4 Å². The van der Waals surface area contributed by atoms with Crippen LogP contribution >= 0.6 is 0 Å². The van der Waals surface area contributed by atoms with E-state index in [-0.39, 0.29) is 5.56 Å². The Morgan fingerprint density at radius 3 is 2.37 bits per heavy atom. The van der Waals surface area contributed by atoms with Gasteiger partial charge in [-0.2, -0.15) is 5.10 Å². The lowest BCUT2D eigenvalue weighted by atomic mass is 10.1. The third-order valence-corrected chi connectivity index (χ3v) is 4.21. The van der Waals surface area contributed by atoms with Gasteiger partial charge in [-0.25, -0.2) is 4.79 Å². The number of benzene rings is 2. The molecule has 0 aliphatic heterocycles. The van der Waals surface area contributed by atoms with Crippen molar-refractivity contribution in [1.29, 1.82) is 0 Å². The van der Waals surface area contributed by atoms with E-state index in [1.807, 2.05) is 61.5 Å². The van der Waals surface area contributed by atoms with E-state index in [9.17, 15) is 14.4 Å². The number of esters is 1. The van der Waals surface area contributed by atoms with Crippen LogP contribution in [0.4, 0.5) is 0 Å². The first-order valence-electron chi connectivity index (χ1n) is 9.33. The Morgan fingerprint density at radius 1 is 1.00 bits per heavy atom. The molecule has 2 amide bonds. The SMILES string of the molecule is CC(=O)NNC(=O)COC(=O)c1cn(Cc2ccccc2)nc1-c1ccc(C)cc1. The molecule has 30 heavy (non-hydrogen) atoms. The maximum Gasteiger partial charge on any atom is 0.342 e. The topological polar surface area (TPSA) is 102 Å². The fourth-order valence-corrected chi connectivity index (χ4v) is 2.75. The number of hydrazine groups is 1. The van der Waals surface area contributed by atoms with E-state index in [4.69, 9.17) is 4.74 Å². The lowest BCUT2D eigenvalue weighted by Crippen LogP contribution is -2.42. The van der Waals surface area contributed by atoms with Gasteiger partial charge in [0.1, 0.15) is 11.3 Å². The molecule has 8 nitrogen and oxygen atoms in total. The Hall–Kier alpha value is -3.94. The van der Waals surface area contributed by atoms with E-state index >= 15 is 0 Å². The second-order valence-corrected chi connectivity index (χ2v) is 6.75. The molecule has 154 valence electrons. The van der Waals surface area contributed by atoms with Crippen LogP contribution in [-0.2, 0) is 20.9 Å². The van der Waals surface area contributed by atoms with Crippen LogP contribution in [0.25, 0.3) is 11.3 Å². The summed E-state index contributed by atoms with van der Waals surface area (Å²) in [5.41, 5.74) is 7.88. The molecule has 0 saturated carbocycles. The molecule has 0 bridgehead atoms. The van der Waals surface area contributed by atoms with Gasteiger partial charge in [-0.3, -0.25) is 25.1 Å². The standard InChI is InChI=1S/C22H22N4O4/c1-15-8-10-18(11-9-15)21-19(22(29)30-14-20(28)24-23-16(2)27)13-26(25-21)12-17-6-4-3-5-7-17/h3-11,13H,12,14H2,1-2H3,(H,23,27)(H,24,28). The summed E-state index contributed by atoms with van der Waals surface area (Å²) in [4.78, 5) is 35.2. The van der Waals surface area contributed by atoms with Crippen molar-refractivity contribution in [3.8, 4) is 11.3 Å². The van der Waals surface area contributed by atoms with Gasteiger partial charge in [-0.05, 0) is 12.5 Å². The first-order valence-corrected chi connectivity index (χ1v) is 9.33. The molecule has 1 aromatic heterocycles. The average molecular weight is 406 g/mol. The minimum atomic E-state index is -0.678. The molecule has 1 heterocycles. The van der Waals surface area contributed by atoms with Crippen LogP contribution in [0.3, 0.4) is 0 Å². The van der Waals surface area contributed by atoms with Gasteiger partial charge in [0, 0.05) is 18.7 Å². The number of hydrogen-bond donors (Lipinski definition) is 2. The van der Waals surface area contributed by atoms with Gasteiger partial charge in [-0.15, -0.1) is 0 Å². The van der Waals surface area contributed by atoms with Gasteiger partial charge in [0.2, 0.25) is 5.91 Å². The Kier molecular flexibility index (Phi) is 6.59. The summed E-state index contributed by atoms with van der Waals surface area (Å²) < 4.78 is 6.78. The molecule has 8 heteroatoms. The molecular weight excluding hydrogens is 384 g/mol. The van der Waals surface area contributed by atoms with Crippen LogP contribution in [0.1, 0.15) is 28.4 Å². The van der Waals surface area contributed by atoms with Crippen molar-refractivity contribution in [2.24, 2.45) is 0 Å². The fourth-order valence-electron chi connectivity index (χ4n) is 2.75. The third-order valence-electron chi connectivity index (χ3n) is 4.21. The van der Waals surface area contributed by atoms with Crippen molar-refractivity contribution >= 4 is 17.8 Å². The lowest BCUT2D eigenvalue weighted by molar-refractivity contribution is -0.129. The third kappa shape index (κ3) is 5.54. The summed E-state index contributed by atoms with van der Waals surface area (Å²) in [7, 11) is 0. The van der Waals surface area contributed by atoms with Crippen molar-refractivity contribution in [2.75, 3.05) is 6.61 Å². The highest BCUT2D eigenvalue weighted by molar-refractivity contribution is 5.97. The van der Waals surface area contributed by atoms with E-state index < -0.39 is 24.4 Å². The van der Waals surface area contributed by atoms with E-state index in [1.165, 1.54) is 6.92 Å². The van der Waals surface area contributed by atoms with Crippen LogP contribution in [0.2, 0.25) is 0 Å². The quantitative estimate of drug-likeness (QED) is 0.483. The molecule has 0 fully saturated rings. The molecule has 0 aliphatic carbocycles. The molecule has 0 saturated heterocycles. The van der Waals surface area contributed by atoms with Gasteiger partial charge >= 0.3 is 5.97 Å². The minimum Gasteiger partial charge on any atom is -0.452 e. The molecule has 0 radical (unpaired) electrons. The Balaban J connectivity index is 1.81. The van der Waals surface area contributed by atoms with Gasteiger partial charge < -0.3 is 4.74 Å². The second-order valence-electron chi connectivity index (χ2n) is 6.75. The van der Waals surface area contributed by atoms with E-state index in [0.29, 0.717) is 12.2 Å². The largest absolute Gasteiger partial charge is 0.452 e. The van der Waals surface area contributed by atoms with Crippen molar-refractivity contribution < 1.29 is 19.1 Å². The first-order chi connectivity index (χ1) is 14.4. The summed E-state index contributed by atoms with van der Waals surface area (Å²) in [5, 5.41) is 4.57. The average Bonchev–Trinajstić information content (AvgIpc) is 3.15. The first kappa shape index (κ1) is 20.8. The van der Waals surface area contributed by atoms with Crippen molar-refractivity contribution in [1.82, 2.24) is 20.6 Å². The molecule has 2 aromatic carbocycles. The summed E-state index contributed by atoms with van der Waals surface area (Å²) in [6.07, 6.45) is 1.61. The number of aryl methyl sites for hydroxylation is 1. The smallest absolute Gasteiger partial charge is 0.342 e. The zero-order chi connectivity index (χ0) is 21.5. The van der Waals surface area contributed by atoms with E-state index in [2.05, 4.69) is 16.0 Å². The van der Waals surface area contributed by atoms with Crippen LogP contribution < -0.4 is 10.9 Å². The molecule has 2 N–H and O–H groups in total. The highest BCUT2D eigenvalue weighted by Crippen LogP contribution is 2.24. The Labute approximate surface area is 173 Å². The fraction of sp³-hybridized carbons (Fsp3) is 0.182. The number of nitrogens with one attached hydrogen (secondary N) is 2. The highest BCUT2D eigenvalue weighted by atomic mass is 16.5. The van der Waals surface area contributed by atoms with Gasteiger partial charge in [0.15, 0.2) is 6.61 Å². The molecule has 0 atom stereocenters. The lowest BCUT2D eigenvalue weighted by Gasteiger charge is -2.06. The number of carbonyl (C=O) groups is 3. The van der Waals surface area contributed by atoms with Crippen molar-refractivity contribution in [3.05, 3.63) is 77.5 Å². The van der Waals surface area contributed by atoms with Crippen molar-refractivity contribution in [3.63, 3.8) is 0 Å². The van der Waals surface area contributed by atoms with Crippen LogP contribution in [0, 0.1) is 6.92 Å². The number of ether oxygens (including phenoxy) is 1. The van der Waals surface area contributed by atoms with Gasteiger partial charge in [0.05, 0.1) is 6.54 Å². The summed E-state index contributed by atoms with van der Waals surface area (Å²) in [5.74, 6) is -1.76. The van der Waals surface area contributed by atoms with Crippen LogP contribution in [-0.4, -0.2) is 34.2 Å². The molecule has 3 rings (SSSR count). The molecular formula is C22H22N4O4. The van der Waals surface area contributed by atoms with Crippen LogP contribution in [0.15, 0.2) is 60.8 Å². The Bertz CT molecular complexity index is 1040. The number of carbonyl (C=O) groups excluding carboxylic acids is 3. The predicted molar refractivity (Wildman–Crippen MR) is 110 cm³/mol. The highest BCUT2D eigenvalue weighted by Gasteiger charge is 2.20. The zero-order valence-corrected chi connectivity index (χ0v) is 16.7. The van der Waals surface area contributed by atoms with Crippen LogP contribution in [0.5, 0.6) is 0 Å². The molecule has 3 aromatic rings. The number of amides is 2. The van der Waals surface area contributed by atoms with Gasteiger partial charge in [-0.1, -0.05) is 60.2 Å². The molecule has 0 aliphatic rings. The number of hydrogen-bond acceptors (Lipinski definition) is 5. The number of nitrogens with zero attached hydrogens (tertiary/aromatic N) is 2. The molecule has 0 unspecified atom stereocenters. The van der Waals surface area contributed by atoms with E-state index in [0.717, 1.165) is 16.7 Å². The predicted octanol–water partition coefficient (Wildman–Crippen LogP) is 2.23. The summed E-state index contributed by atoms with van der Waals surface area (Å²) in [6, 6.07) is 17.4. The zero-order valence-electron chi connectivity index (χ0n) is 16.7. The summed E-state index contributed by atoms with van der Waals surface area (Å²) in [6.45, 7) is 3.17. The van der Waals surface area contributed by atoms with Gasteiger partial charge in [0.25, 0.3) is 5.91 Å². The maximum atomic E-state index is 12.7.